The van der Waals surface area contributed by atoms with E-state index in [0.717, 1.165) is 23.5 Å². The molecule has 0 radical (unpaired) electrons. The Labute approximate surface area is 145 Å². The number of amides is 1. The fraction of sp³-hybridized carbons (Fsp3) is 0.368. The number of nitrogens with zero attached hydrogens (tertiary/aromatic N) is 1. The normalized spacial score (nSPS) is 15.5. The Morgan fingerprint density at radius 3 is 2.40 bits per heavy atom. The number of nitrogens with one attached hydrogen (secondary N) is 1. The maximum absolute atomic E-state index is 13.2. The van der Waals surface area contributed by atoms with E-state index in [0.29, 0.717) is 18.4 Å². The van der Waals surface area contributed by atoms with Crippen LogP contribution in [0.1, 0.15) is 47.4 Å². The molecule has 1 amide bonds. The lowest BCUT2D eigenvalue weighted by Crippen LogP contribution is -2.54. The number of halogens is 1. The van der Waals surface area contributed by atoms with Crippen LogP contribution in [0.25, 0.3) is 5.69 Å². The van der Waals surface area contributed by atoms with Gasteiger partial charge in [-0.05, 0) is 63.4 Å². The van der Waals surface area contributed by atoms with Crippen LogP contribution in [0.3, 0.4) is 0 Å². The van der Waals surface area contributed by atoms with Crippen molar-refractivity contribution in [3.05, 3.63) is 53.1 Å². The van der Waals surface area contributed by atoms with Crippen LogP contribution in [0.2, 0.25) is 0 Å². The Balaban J connectivity index is 1.88. The highest BCUT2D eigenvalue weighted by atomic mass is 19.1. The van der Waals surface area contributed by atoms with E-state index in [1.807, 2.05) is 18.4 Å². The van der Waals surface area contributed by atoms with Crippen LogP contribution in [0.15, 0.2) is 30.3 Å². The van der Waals surface area contributed by atoms with Gasteiger partial charge in [0.2, 0.25) is 0 Å². The number of hydrogen-bond acceptors (Lipinski definition) is 2. The number of benzene rings is 1. The molecule has 1 aliphatic rings. The van der Waals surface area contributed by atoms with Crippen molar-refractivity contribution in [3.8, 4) is 5.69 Å². The third-order valence-electron chi connectivity index (χ3n) is 4.94. The van der Waals surface area contributed by atoms with E-state index in [1.165, 1.54) is 12.1 Å². The highest BCUT2D eigenvalue weighted by molar-refractivity contribution is 5.96. The summed E-state index contributed by atoms with van der Waals surface area (Å²) in [6, 6.07) is 7.86. The second-order valence-corrected chi connectivity index (χ2v) is 6.76. The minimum atomic E-state index is -0.906. The number of carbonyl (C=O) groups is 2. The Morgan fingerprint density at radius 2 is 1.88 bits per heavy atom. The van der Waals surface area contributed by atoms with Crippen molar-refractivity contribution in [1.82, 2.24) is 9.88 Å². The van der Waals surface area contributed by atoms with Gasteiger partial charge in [0.25, 0.3) is 5.91 Å². The highest BCUT2D eigenvalue weighted by Gasteiger charge is 2.40. The van der Waals surface area contributed by atoms with E-state index >= 15 is 0 Å². The number of carboxylic acid groups (broad SMARTS) is 1. The quantitative estimate of drug-likeness (QED) is 0.874. The lowest BCUT2D eigenvalue weighted by molar-refractivity contribution is -0.139. The first-order valence-corrected chi connectivity index (χ1v) is 8.30. The maximum Gasteiger partial charge on any atom is 0.305 e. The first-order valence-electron chi connectivity index (χ1n) is 8.30. The second-order valence-electron chi connectivity index (χ2n) is 6.76. The first kappa shape index (κ1) is 17.2. The molecular weight excluding hydrogens is 323 g/mol. The van der Waals surface area contributed by atoms with E-state index in [9.17, 15) is 14.0 Å². The SMILES string of the molecule is Cc1cc(C(=O)NC2(CC(=O)O)CCC2)c(C)n1-c1ccc(F)cc1. The average Bonchev–Trinajstić information content (AvgIpc) is 2.81. The van der Waals surface area contributed by atoms with Crippen LogP contribution in [0, 0.1) is 19.7 Å². The van der Waals surface area contributed by atoms with Crippen molar-refractivity contribution in [2.24, 2.45) is 0 Å². The fourth-order valence-corrected chi connectivity index (χ4v) is 3.53. The largest absolute Gasteiger partial charge is 0.481 e. The Morgan fingerprint density at radius 1 is 1.24 bits per heavy atom. The summed E-state index contributed by atoms with van der Waals surface area (Å²) in [5, 5.41) is 12.0. The van der Waals surface area contributed by atoms with Crippen LogP contribution >= 0.6 is 0 Å². The summed E-state index contributed by atoms with van der Waals surface area (Å²) in [6.07, 6.45) is 2.22. The third-order valence-corrected chi connectivity index (χ3v) is 4.94. The van der Waals surface area contributed by atoms with Gasteiger partial charge in [-0.2, -0.15) is 0 Å². The number of aryl methyl sites for hydroxylation is 1. The lowest BCUT2D eigenvalue weighted by Gasteiger charge is -2.41. The molecule has 1 aromatic carbocycles. The molecule has 1 aromatic heterocycles. The van der Waals surface area contributed by atoms with Gasteiger partial charge in [-0.15, -0.1) is 0 Å². The molecule has 0 bridgehead atoms. The summed E-state index contributed by atoms with van der Waals surface area (Å²) in [6.45, 7) is 3.71. The molecule has 25 heavy (non-hydrogen) atoms. The summed E-state index contributed by atoms with van der Waals surface area (Å²) < 4.78 is 15.0. The minimum absolute atomic E-state index is 0.0601. The predicted octanol–water partition coefficient (Wildman–Crippen LogP) is 3.36. The van der Waals surface area contributed by atoms with Crippen molar-refractivity contribution in [2.75, 3.05) is 0 Å². The number of rotatable bonds is 5. The molecule has 3 rings (SSSR count). The van der Waals surface area contributed by atoms with Gasteiger partial charge >= 0.3 is 5.97 Å². The Bertz CT molecular complexity index is 820. The van der Waals surface area contributed by atoms with Crippen LogP contribution in [-0.4, -0.2) is 27.1 Å². The van der Waals surface area contributed by atoms with Crippen LogP contribution in [-0.2, 0) is 4.79 Å². The minimum Gasteiger partial charge on any atom is -0.481 e. The van der Waals surface area contributed by atoms with Crippen molar-refractivity contribution >= 4 is 11.9 Å². The fourth-order valence-electron chi connectivity index (χ4n) is 3.53. The van der Waals surface area contributed by atoms with Crippen LogP contribution < -0.4 is 5.32 Å². The van der Waals surface area contributed by atoms with E-state index in [4.69, 9.17) is 5.11 Å². The molecule has 132 valence electrons. The number of hydrogen-bond donors (Lipinski definition) is 2. The van der Waals surface area contributed by atoms with Crippen molar-refractivity contribution in [2.45, 2.75) is 45.1 Å². The van der Waals surface area contributed by atoms with Gasteiger partial charge in [0.15, 0.2) is 0 Å². The number of carboxylic acids is 1. The molecule has 2 N–H and O–H groups in total. The monoisotopic (exact) mass is 344 g/mol. The Hall–Kier alpha value is -2.63. The number of aliphatic carboxylic acids is 1. The summed E-state index contributed by atoms with van der Waals surface area (Å²) in [7, 11) is 0. The molecule has 1 heterocycles. The molecular formula is C19H21FN2O3. The average molecular weight is 344 g/mol. The zero-order valence-corrected chi connectivity index (χ0v) is 14.3. The van der Waals surface area contributed by atoms with Gasteiger partial charge in [0.05, 0.1) is 17.5 Å². The summed E-state index contributed by atoms with van der Waals surface area (Å²) in [5.41, 5.74) is 2.25. The van der Waals surface area contributed by atoms with Crippen molar-refractivity contribution in [1.29, 1.82) is 0 Å². The van der Waals surface area contributed by atoms with Gasteiger partial charge in [-0.1, -0.05) is 0 Å². The molecule has 0 spiro atoms. The molecule has 0 atom stereocenters. The summed E-state index contributed by atoms with van der Waals surface area (Å²) >= 11 is 0. The molecule has 1 fully saturated rings. The van der Waals surface area contributed by atoms with E-state index < -0.39 is 11.5 Å². The molecule has 1 aliphatic carbocycles. The number of carbonyl (C=O) groups excluding carboxylic acids is 1. The zero-order chi connectivity index (χ0) is 18.2. The summed E-state index contributed by atoms with van der Waals surface area (Å²) in [4.78, 5) is 23.8. The van der Waals surface area contributed by atoms with Gasteiger partial charge in [0, 0.05) is 17.1 Å². The standard InChI is InChI=1S/C19H21FN2O3/c1-12-10-16(13(2)22(12)15-6-4-14(20)5-7-15)18(25)21-19(8-3-9-19)11-17(23)24/h4-7,10H,3,8-9,11H2,1-2H3,(H,21,25)(H,23,24). The molecule has 1 saturated carbocycles. The molecule has 0 saturated heterocycles. The lowest BCUT2D eigenvalue weighted by atomic mass is 9.74. The molecule has 2 aromatic rings. The van der Waals surface area contributed by atoms with Crippen molar-refractivity contribution < 1.29 is 19.1 Å². The van der Waals surface area contributed by atoms with E-state index in [1.54, 1.807) is 18.2 Å². The topological polar surface area (TPSA) is 71.3 Å². The highest BCUT2D eigenvalue weighted by Crippen LogP contribution is 2.35. The molecule has 0 unspecified atom stereocenters. The van der Waals surface area contributed by atoms with E-state index in [2.05, 4.69) is 5.32 Å². The molecule has 5 nitrogen and oxygen atoms in total. The van der Waals surface area contributed by atoms with Gasteiger partial charge in [-0.25, -0.2) is 4.39 Å². The number of aromatic nitrogens is 1. The van der Waals surface area contributed by atoms with Crippen LogP contribution in [0.4, 0.5) is 4.39 Å². The van der Waals surface area contributed by atoms with Gasteiger partial charge in [-0.3, -0.25) is 9.59 Å². The van der Waals surface area contributed by atoms with Gasteiger partial charge in [0.1, 0.15) is 5.82 Å². The zero-order valence-electron chi connectivity index (χ0n) is 14.3. The third kappa shape index (κ3) is 3.29. The first-order chi connectivity index (χ1) is 11.8. The predicted molar refractivity (Wildman–Crippen MR) is 91.5 cm³/mol. The second kappa shape index (κ2) is 6.35. The molecule has 0 aliphatic heterocycles. The summed E-state index contributed by atoms with van der Waals surface area (Å²) in [5.74, 6) is -1.48. The smallest absolute Gasteiger partial charge is 0.305 e. The van der Waals surface area contributed by atoms with Gasteiger partial charge < -0.3 is 15.0 Å². The molecule has 6 heteroatoms. The van der Waals surface area contributed by atoms with Crippen molar-refractivity contribution in [3.63, 3.8) is 0 Å². The Kier molecular flexibility index (Phi) is 4.37. The van der Waals surface area contributed by atoms with E-state index in [-0.39, 0.29) is 18.1 Å². The maximum atomic E-state index is 13.2. The van der Waals surface area contributed by atoms with Crippen LogP contribution in [0.5, 0.6) is 0 Å².